The summed E-state index contributed by atoms with van der Waals surface area (Å²) in [5, 5.41) is 11.3. The number of esters is 1. The fourth-order valence-electron chi connectivity index (χ4n) is 8.63. The van der Waals surface area contributed by atoms with Gasteiger partial charge in [0.15, 0.2) is 0 Å². The van der Waals surface area contributed by atoms with Gasteiger partial charge in [0.1, 0.15) is 11.4 Å². The van der Waals surface area contributed by atoms with E-state index in [1.165, 1.54) is 39.0 Å². The van der Waals surface area contributed by atoms with Crippen molar-refractivity contribution in [1.82, 2.24) is 0 Å². The summed E-state index contributed by atoms with van der Waals surface area (Å²) in [5.41, 5.74) is -0.361. The minimum atomic E-state index is -0.866. The van der Waals surface area contributed by atoms with Crippen LogP contribution < -0.4 is 0 Å². The fourth-order valence-corrected chi connectivity index (χ4v) is 8.63. The lowest BCUT2D eigenvalue weighted by atomic mass is 9.44. The van der Waals surface area contributed by atoms with Gasteiger partial charge in [0.05, 0.1) is 6.61 Å². The molecule has 0 bridgehead atoms. The minimum Gasteiger partial charge on any atom is -0.466 e. The predicted octanol–water partition coefficient (Wildman–Crippen LogP) is 5.31. The molecule has 0 radical (unpaired) electrons. The molecular weight excluding hydrogens is 400 g/mol. The maximum Gasteiger partial charge on any atom is 0.302 e. The molecule has 178 valence electrons. The Labute approximate surface area is 194 Å². The third-order valence-corrected chi connectivity index (χ3v) is 10.3. The van der Waals surface area contributed by atoms with Crippen LogP contribution in [0.1, 0.15) is 98.3 Å². The molecule has 0 aliphatic heterocycles. The normalized spacial score (nSPS) is 45.0. The van der Waals surface area contributed by atoms with E-state index in [2.05, 4.69) is 25.7 Å². The average Bonchev–Trinajstić information content (AvgIpc) is 3.08. The van der Waals surface area contributed by atoms with Gasteiger partial charge in [-0.3, -0.25) is 9.59 Å². The molecule has 0 unspecified atom stereocenters. The second-order valence-electron chi connectivity index (χ2n) is 11.9. The van der Waals surface area contributed by atoms with Crippen LogP contribution in [0.25, 0.3) is 0 Å². The highest BCUT2D eigenvalue weighted by Gasteiger charge is 2.61. The van der Waals surface area contributed by atoms with Crippen LogP contribution in [0.5, 0.6) is 0 Å². The first-order valence-corrected chi connectivity index (χ1v) is 13.0. The van der Waals surface area contributed by atoms with E-state index < -0.39 is 5.60 Å². The van der Waals surface area contributed by atoms with E-state index in [0.29, 0.717) is 36.1 Å². The molecule has 4 saturated carbocycles. The van der Waals surface area contributed by atoms with Gasteiger partial charge >= 0.3 is 5.97 Å². The summed E-state index contributed by atoms with van der Waals surface area (Å²) in [6.45, 7) is 8.54. The first kappa shape index (κ1) is 23.8. The Kier molecular flexibility index (Phi) is 6.54. The second kappa shape index (κ2) is 8.79. The summed E-state index contributed by atoms with van der Waals surface area (Å²) in [5.74, 6) is 9.49. The highest BCUT2D eigenvalue weighted by molar-refractivity contribution is 5.79. The number of ketones is 1. The number of aliphatic hydroxyl groups is 1. The fraction of sp³-hybridized carbons (Fsp3) is 0.857. The molecule has 8 atom stereocenters. The number of unbranched alkanes of at least 4 members (excludes halogenated alkanes) is 1. The zero-order chi connectivity index (χ0) is 23.1. The first-order chi connectivity index (χ1) is 15.1. The summed E-state index contributed by atoms with van der Waals surface area (Å²) in [4.78, 5) is 23.2. The zero-order valence-electron chi connectivity index (χ0n) is 20.5. The lowest BCUT2D eigenvalue weighted by molar-refractivity contribution is -0.144. The van der Waals surface area contributed by atoms with Gasteiger partial charge in [0.2, 0.25) is 0 Å². The third kappa shape index (κ3) is 4.15. The molecule has 4 heteroatoms. The molecule has 0 spiro atoms. The van der Waals surface area contributed by atoms with Gasteiger partial charge in [0, 0.05) is 19.3 Å². The van der Waals surface area contributed by atoms with Crippen LogP contribution in [0.2, 0.25) is 0 Å². The molecule has 32 heavy (non-hydrogen) atoms. The number of hydrogen-bond donors (Lipinski definition) is 1. The summed E-state index contributed by atoms with van der Waals surface area (Å²) >= 11 is 0. The number of hydrogen-bond acceptors (Lipinski definition) is 4. The van der Waals surface area contributed by atoms with Crippen LogP contribution >= 0.6 is 0 Å². The van der Waals surface area contributed by atoms with E-state index in [1.807, 2.05) is 6.92 Å². The van der Waals surface area contributed by atoms with Gasteiger partial charge < -0.3 is 9.84 Å². The molecule has 4 fully saturated rings. The third-order valence-electron chi connectivity index (χ3n) is 10.3. The summed E-state index contributed by atoms with van der Waals surface area (Å²) < 4.78 is 4.96. The van der Waals surface area contributed by atoms with Crippen molar-refractivity contribution in [3.8, 4) is 11.8 Å². The highest BCUT2D eigenvalue weighted by Crippen LogP contribution is 2.68. The van der Waals surface area contributed by atoms with Crippen molar-refractivity contribution < 1.29 is 19.4 Å². The number of ether oxygens (including phenoxy) is 1. The van der Waals surface area contributed by atoms with E-state index in [4.69, 9.17) is 4.74 Å². The molecule has 0 aromatic heterocycles. The molecule has 0 aromatic carbocycles. The number of rotatable bonds is 4. The Hall–Kier alpha value is -1.34. The molecular formula is C28H42O4. The van der Waals surface area contributed by atoms with E-state index >= 15 is 0 Å². The van der Waals surface area contributed by atoms with Gasteiger partial charge in [-0.1, -0.05) is 19.8 Å². The standard InChI is InChI=1S/C28H42O4/c1-19(29)23-10-11-24-22-9-8-21-18-28(31,13-6-5-7-17-32-20(2)30)16-15-26(21,3)25(22)12-14-27(23,24)4/h21-25,31H,5,7-12,14-18H2,1-4H3/t21-,22+,23-,24+,25+,26+,27-,28-/m1/s1. The van der Waals surface area contributed by atoms with E-state index in [1.54, 1.807) is 0 Å². The Morgan fingerprint density at radius 2 is 1.72 bits per heavy atom. The summed E-state index contributed by atoms with van der Waals surface area (Å²) in [6, 6.07) is 0. The van der Waals surface area contributed by atoms with Crippen LogP contribution in [-0.2, 0) is 14.3 Å². The van der Waals surface area contributed by atoms with Crippen molar-refractivity contribution in [1.29, 1.82) is 0 Å². The Bertz CT molecular complexity index is 808. The summed E-state index contributed by atoms with van der Waals surface area (Å²) in [6.07, 6.45) is 11.2. The molecule has 4 rings (SSSR count). The maximum absolute atomic E-state index is 12.3. The highest BCUT2D eigenvalue weighted by atomic mass is 16.5. The van der Waals surface area contributed by atoms with Crippen molar-refractivity contribution in [2.24, 2.45) is 40.4 Å². The molecule has 0 heterocycles. The molecule has 0 aromatic rings. The smallest absolute Gasteiger partial charge is 0.302 e. The first-order valence-electron chi connectivity index (χ1n) is 13.0. The van der Waals surface area contributed by atoms with Gasteiger partial charge in [0.25, 0.3) is 0 Å². The summed E-state index contributed by atoms with van der Waals surface area (Å²) in [7, 11) is 0. The lowest BCUT2D eigenvalue weighted by Gasteiger charge is -2.61. The average molecular weight is 443 g/mol. The number of fused-ring (bicyclic) bond motifs is 5. The SMILES string of the molecule is CC(=O)OCCCC#C[C@@]1(O)CC[C@@]2(C)[C@H](CC[C@@H]3[C@@H]2CC[C@]2(C)[C@@H](C(C)=O)CC[C@@H]32)C1. The van der Waals surface area contributed by atoms with E-state index in [0.717, 1.165) is 43.9 Å². The monoisotopic (exact) mass is 442 g/mol. The van der Waals surface area contributed by atoms with Crippen molar-refractivity contribution >= 4 is 11.8 Å². The van der Waals surface area contributed by atoms with Crippen molar-refractivity contribution in [2.75, 3.05) is 6.61 Å². The Balaban J connectivity index is 1.41. The molecule has 4 aliphatic rings. The van der Waals surface area contributed by atoms with Crippen LogP contribution in [0, 0.1) is 52.3 Å². The van der Waals surface area contributed by atoms with Crippen LogP contribution in [-0.4, -0.2) is 29.1 Å². The maximum atomic E-state index is 12.3. The van der Waals surface area contributed by atoms with E-state index in [9.17, 15) is 14.7 Å². The number of carbonyl (C=O) groups is 2. The van der Waals surface area contributed by atoms with Crippen molar-refractivity contribution in [3.05, 3.63) is 0 Å². The van der Waals surface area contributed by atoms with Crippen LogP contribution in [0.15, 0.2) is 0 Å². The van der Waals surface area contributed by atoms with Gasteiger partial charge in [-0.2, -0.15) is 0 Å². The van der Waals surface area contributed by atoms with Gasteiger partial charge in [-0.05, 0) is 106 Å². The lowest BCUT2D eigenvalue weighted by Crippen LogP contribution is -2.56. The minimum absolute atomic E-state index is 0.211. The zero-order valence-corrected chi connectivity index (χ0v) is 20.5. The van der Waals surface area contributed by atoms with Crippen molar-refractivity contribution in [3.63, 3.8) is 0 Å². The second-order valence-corrected chi connectivity index (χ2v) is 11.9. The quantitative estimate of drug-likeness (QED) is 0.364. The topological polar surface area (TPSA) is 63.6 Å². The molecule has 4 nitrogen and oxygen atoms in total. The molecule has 4 aliphatic carbocycles. The molecule has 1 N–H and O–H groups in total. The predicted molar refractivity (Wildman–Crippen MR) is 124 cm³/mol. The van der Waals surface area contributed by atoms with Crippen molar-refractivity contribution in [2.45, 2.75) is 104 Å². The molecule has 0 amide bonds. The van der Waals surface area contributed by atoms with E-state index in [-0.39, 0.29) is 17.3 Å². The molecule has 0 saturated heterocycles. The van der Waals surface area contributed by atoms with Crippen LogP contribution in [0.4, 0.5) is 0 Å². The van der Waals surface area contributed by atoms with Crippen LogP contribution in [0.3, 0.4) is 0 Å². The van der Waals surface area contributed by atoms with Gasteiger partial charge in [-0.15, -0.1) is 5.92 Å². The number of carbonyl (C=O) groups excluding carboxylic acids is 2. The largest absolute Gasteiger partial charge is 0.466 e. The Morgan fingerprint density at radius 1 is 0.969 bits per heavy atom. The van der Waals surface area contributed by atoms with Gasteiger partial charge in [-0.25, -0.2) is 0 Å². The Morgan fingerprint density at radius 3 is 2.44 bits per heavy atom. The number of Topliss-reactive ketones (excluding diaryl/α,β-unsaturated/α-hetero) is 1.